The first kappa shape index (κ1) is 13.3. The fourth-order valence-electron chi connectivity index (χ4n) is 2.11. The van der Waals surface area contributed by atoms with Gasteiger partial charge in [0.05, 0.1) is 18.8 Å². The molecular weight excluding hydrogens is 206 g/mol. The summed E-state index contributed by atoms with van der Waals surface area (Å²) in [5.74, 6) is 0. The molecule has 0 spiro atoms. The van der Waals surface area contributed by atoms with E-state index in [1.54, 1.807) is 4.90 Å². The lowest BCUT2D eigenvalue weighted by atomic mass is 9.96. The van der Waals surface area contributed by atoms with Crippen LogP contribution in [0.25, 0.3) is 0 Å². The van der Waals surface area contributed by atoms with Crippen molar-refractivity contribution in [1.29, 1.82) is 0 Å². The molecule has 0 saturated carbocycles. The van der Waals surface area contributed by atoms with E-state index in [-0.39, 0.29) is 11.6 Å². The molecule has 5 nitrogen and oxygen atoms in total. The lowest BCUT2D eigenvalue weighted by molar-refractivity contribution is -0.0959. The number of urea groups is 1. The number of hydrogen-bond donors (Lipinski definition) is 2. The van der Waals surface area contributed by atoms with Crippen LogP contribution in [-0.4, -0.2) is 49.3 Å². The van der Waals surface area contributed by atoms with Gasteiger partial charge in [0.1, 0.15) is 0 Å². The van der Waals surface area contributed by atoms with Crippen molar-refractivity contribution in [2.45, 2.75) is 32.3 Å². The highest BCUT2D eigenvalue weighted by Gasteiger charge is 2.36. The van der Waals surface area contributed by atoms with E-state index >= 15 is 0 Å². The van der Waals surface area contributed by atoms with E-state index in [4.69, 9.17) is 10.5 Å². The van der Waals surface area contributed by atoms with Crippen molar-refractivity contribution in [3.63, 3.8) is 0 Å². The second kappa shape index (κ2) is 6.06. The summed E-state index contributed by atoms with van der Waals surface area (Å²) in [7, 11) is 0. The van der Waals surface area contributed by atoms with Gasteiger partial charge in [-0.05, 0) is 13.3 Å². The molecule has 3 N–H and O–H groups in total. The number of hydrogen-bond acceptors (Lipinski definition) is 3. The summed E-state index contributed by atoms with van der Waals surface area (Å²) in [6, 6.07) is -0.0141. The maximum Gasteiger partial charge on any atom is 0.317 e. The Hall–Kier alpha value is -0.810. The van der Waals surface area contributed by atoms with E-state index < -0.39 is 0 Å². The highest BCUT2D eigenvalue weighted by molar-refractivity contribution is 5.74. The molecule has 94 valence electrons. The second-order valence-electron chi connectivity index (χ2n) is 4.24. The molecule has 0 bridgehead atoms. The highest BCUT2D eigenvalue weighted by Crippen LogP contribution is 2.22. The van der Waals surface area contributed by atoms with Gasteiger partial charge in [-0.15, -0.1) is 0 Å². The minimum atomic E-state index is -0.335. The maximum atomic E-state index is 11.7. The van der Waals surface area contributed by atoms with Crippen molar-refractivity contribution >= 4 is 6.03 Å². The van der Waals surface area contributed by atoms with Crippen LogP contribution in [-0.2, 0) is 4.74 Å². The van der Waals surface area contributed by atoms with E-state index in [0.717, 1.165) is 12.8 Å². The van der Waals surface area contributed by atoms with Gasteiger partial charge >= 0.3 is 6.03 Å². The Morgan fingerprint density at radius 3 is 2.88 bits per heavy atom. The molecule has 1 unspecified atom stereocenters. The van der Waals surface area contributed by atoms with Crippen LogP contribution in [0.15, 0.2) is 0 Å². The van der Waals surface area contributed by atoms with Crippen LogP contribution >= 0.6 is 0 Å². The van der Waals surface area contributed by atoms with Crippen LogP contribution < -0.4 is 11.1 Å². The number of carbonyl (C=O) groups is 1. The largest absolute Gasteiger partial charge is 0.370 e. The van der Waals surface area contributed by atoms with Gasteiger partial charge in [-0.25, -0.2) is 4.79 Å². The van der Waals surface area contributed by atoms with Gasteiger partial charge < -0.3 is 20.7 Å². The molecule has 1 aliphatic rings. The molecule has 5 heteroatoms. The second-order valence-corrected chi connectivity index (χ2v) is 4.24. The number of nitrogens with zero attached hydrogens (tertiary/aromatic N) is 1. The third-order valence-corrected chi connectivity index (χ3v) is 2.94. The Morgan fingerprint density at radius 1 is 1.56 bits per heavy atom. The van der Waals surface area contributed by atoms with Crippen molar-refractivity contribution in [2.24, 2.45) is 5.73 Å². The van der Waals surface area contributed by atoms with Crippen LogP contribution in [0.4, 0.5) is 4.79 Å². The molecule has 1 heterocycles. The number of nitrogens with two attached hydrogens (primary N) is 1. The van der Waals surface area contributed by atoms with Gasteiger partial charge in [-0.2, -0.15) is 0 Å². The Bertz CT molecular complexity index is 231. The fourth-order valence-corrected chi connectivity index (χ4v) is 2.11. The summed E-state index contributed by atoms with van der Waals surface area (Å²) in [5, 5.41) is 2.81. The van der Waals surface area contributed by atoms with E-state index in [1.165, 1.54) is 0 Å². The van der Waals surface area contributed by atoms with E-state index in [2.05, 4.69) is 12.2 Å². The van der Waals surface area contributed by atoms with Gasteiger partial charge in [-0.1, -0.05) is 13.3 Å². The van der Waals surface area contributed by atoms with Gasteiger partial charge in [0.15, 0.2) is 0 Å². The van der Waals surface area contributed by atoms with Crippen molar-refractivity contribution < 1.29 is 9.53 Å². The van der Waals surface area contributed by atoms with Crippen LogP contribution in [0, 0.1) is 0 Å². The third kappa shape index (κ3) is 3.09. The monoisotopic (exact) mass is 229 g/mol. The molecule has 1 aliphatic heterocycles. The molecule has 0 aliphatic carbocycles. The maximum absolute atomic E-state index is 11.7. The van der Waals surface area contributed by atoms with Crippen LogP contribution in [0.2, 0.25) is 0 Å². The number of carbonyl (C=O) groups excluding carboxylic acids is 1. The van der Waals surface area contributed by atoms with Crippen molar-refractivity contribution in [2.75, 3.05) is 32.8 Å². The van der Waals surface area contributed by atoms with Crippen LogP contribution in [0.5, 0.6) is 0 Å². The first-order valence-electron chi connectivity index (χ1n) is 6.04. The van der Waals surface area contributed by atoms with Crippen LogP contribution in [0.3, 0.4) is 0 Å². The van der Waals surface area contributed by atoms with E-state index in [9.17, 15) is 4.79 Å². The lowest BCUT2D eigenvalue weighted by Gasteiger charge is -2.42. The molecule has 1 rings (SSSR count). The summed E-state index contributed by atoms with van der Waals surface area (Å²) in [5.41, 5.74) is 5.44. The van der Waals surface area contributed by atoms with Crippen molar-refractivity contribution in [3.05, 3.63) is 0 Å². The average Bonchev–Trinajstić information content (AvgIpc) is 2.30. The summed E-state index contributed by atoms with van der Waals surface area (Å²) in [6.07, 6.45) is 1.92. The first-order valence-corrected chi connectivity index (χ1v) is 6.04. The minimum Gasteiger partial charge on any atom is -0.370 e. The molecule has 1 atom stereocenters. The third-order valence-electron chi connectivity index (χ3n) is 2.94. The SMILES string of the molecule is CCCC1(CN)CN(C(=O)NCC)CCO1. The van der Waals surface area contributed by atoms with E-state index in [1.807, 2.05) is 6.92 Å². The quantitative estimate of drug-likeness (QED) is 0.739. The molecular formula is C11H23N3O2. The van der Waals surface area contributed by atoms with Crippen molar-refractivity contribution in [3.8, 4) is 0 Å². The minimum absolute atomic E-state index is 0.0141. The average molecular weight is 229 g/mol. The zero-order valence-corrected chi connectivity index (χ0v) is 10.3. The predicted octanol–water partition coefficient (Wildman–Crippen LogP) is 0.546. The summed E-state index contributed by atoms with van der Waals surface area (Å²) in [6.45, 7) is 6.97. The normalized spacial score (nSPS) is 25.6. The fraction of sp³-hybridized carbons (Fsp3) is 0.909. The standard InChI is InChI=1S/C11H23N3O2/c1-3-5-11(8-12)9-14(6-7-16-11)10(15)13-4-2/h3-9,12H2,1-2H3,(H,13,15). The summed E-state index contributed by atoms with van der Waals surface area (Å²) < 4.78 is 5.77. The zero-order valence-electron chi connectivity index (χ0n) is 10.3. The number of amides is 2. The number of rotatable bonds is 4. The molecule has 0 radical (unpaired) electrons. The Balaban J connectivity index is 2.60. The molecule has 1 fully saturated rings. The van der Waals surface area contributed by atoms with E-state index in [0.29, 0.717) is 32.8 Å². The van der Waals surface area contributed by atoms with Crippen molar-refractivity contribution in [1.82, 2.24) is 10.2 Å². The lowest BCUT2D eigenvalue weighted by Crippen LogP contribution is -2.58. The summed E-state index contributed by atoms with van der Waals surface area (Å²) >= 11 is 0. The highest BCUT2D eigenvalue weighted by atomic mass is 16.5. The molecule has 0 aromatic carbocycles. The van der Waals surface area contributed by atoms with Crippen LogP contribution in [0.1, 0.15) is 26.7 Å². The first-order chi connectivity index (χ1) is 7.67. The number of nitrogens with one attached hydrogen (secondary N) is 1. The van der Waals surface area contributed by atoms with Gasteiger partial charge in [0.25, 0.3) is 0 Å². The summed E-state index contributed by atoms with van der Waals surface area (Å²) in [4.78, 5) is 13.5. The van der Waals surface area contributed by atoms with Gasteiger partial charge in [0, 0.05) is 19.6 Å². The molecule has 0 aromatic heterocycles. The van der Waals surface area contributed by atoms with Gasteiger partial charge in [0.2, 0.25) is 0 Å². The van der Waals surface area contributed by atoms with Gasteiger partial charge in [-0.3, -0.25) is 0 Å². The Kier molecular flexibility index (Phi) is 5.02. The number of morpholine rings is 1. The topological polar surface area (TPSA) is 67.6 Å². The molecule has 1 saturated heterocycles. The molecule has 0 aromatic rings. The number of ether oxygens (including phenoxy) is 1. The molecule has 16 heavy (non-hydrogen) atoms. The predicted molar refractivity (Wildman–Crippen MR) is 63.3 cm³/mol. The Labute approximate surface area is 97.3 Å². The smallest absolute Gasteiger partial charge is 0.317 e. The molecule has 2 amide bonds. The zero-order chi connectivity index (χ0) is 12.0. The Morgan fingerprint density at radius 2 is 2.31 bits per heavy atom.